The van der Waals surface area contributed by atoms with E-state index in [9.17, 15) is 4.79 Å². The van der Waals surface area contributed by atoms with E-state index in [2.05, 4.69) is 24.2 Å². The van der Waals surface area contributed by atoms with Crippen molar-refractivity contribution in [1.29, 1.82) is 0 Å². The van der Waals surface area contributed by atoms with E-state index in [1.54, 1.807) is 0 Å². The molecule has 0 radical (unpaired) electrons. The molecule has 1 aliphatic heterocycles. The topological polar surface area (TPSA) is 52.6 Å². The van der Waals surface area contributed by atoms with Crippen molar-refractivity contribution in [2.24, 2.45) is 0 Å². The fourth-order valence-electron chi connectivity index (χ4n) is 2.42. The second kappa shape index (κ2) is 6.21. The van der Waals surface area contributed by atoms with E-state index in [1.807, 2.05) is 0 Å². The Balaban J connectivity index is 2.64. The third kappa shape index (κ3) is 4.10. The van der Waals surface area contributed by atoms with Gasteiger partial charge in [0, 0.05) is 5.54 Å². The minimum atomic E-state index is -0.687. The molecule has 0 aromatic rings. The van der Waals surface area contributed by atoms with Gasteiger partial charge in [-0.3, -0.25) is 4.79 Å². The van der Waals surface area contributed by atoms with Crippen molar-refractivity contribution < 1.29 is 9.90 Å². The van der Waals surface area contributed by atoms with Crippen LogP contribution in [0.25, 0.3) is 0 Å². The average Bonchev–Trinajstić information content (AvgIpc) is 2.38. The van der Waals surface area contributed by atoms with Crippen molar-refractivity contribution in [3.63, 3.8) is 0 Å². The molecule has 4 nitrogen and oxygen atoms in total. The van der Waals surface area contributed by atoms with Crippen LogP contribution < -0.4 is 5.32 Å². The summed E-state index contributed by atoms with van der Waals surface area (Å²) in [5.74, 6) is -0.687. The first-order valence-corrected chi connectivity index (χ1v) is 6.23. The van der Waals surface area contributed by atoms with Crippen LogP contribution in [0, 0.1) is 0 Å². The number of hydrogen-bond donors (Lipinski definition) is 2. The van der Waals surface area contributed by atoms with Gasteiger partial charge in [-0.15, -0.1) is 0 Å². The van der Waals surface area contributed by atoms with Gasteiger partial charge in [0.1, 0.15) is 0 Å². The summed E-state index contributed by atoms with van der Waals surface area (Å²) in [4.78, 5) is 13.3. The molecule has 1 unspecified atom stereocenters. The zero-order chi connectivity index (χ0) is 12.0. The number of aliphatic carboxylic acids is 1. The molecule has 1 fully saturated rings. The molecule has 4 heteroatoms. The van der Waals surface area contributed by atoms with Crippen LogP contribution in [0.4, 0.5) is 0 Å². The molecule has 0 amide bonds. The van der Waals surface area contributed by atoms with Crippen LogP contribution >= 0.6 is 0 Å². The predicted octanol–water partition coefficient (Wildman–Crippen LogP) is 1.32. The molecule has 94 valence electrons. The Kier molecular flexibility index (Phi) is 5.22. The largest absolute Gasteiger partial charge is 0.481 e. The third-order valence-corrected chi connectivity index (χ3v) is 3.41. The molecule has 0 aromatic heterocycles. The van der Waals surface area contributed by atoms with Crippen LogP contribution in [0.2, 0.25) is 0 Å². The van der Waals surface area contributed by atoms with Gasteiger partial charge in [0.05, 0.1) is 6.42 Å². The summed E-state index contributed by atoms with van der Waals surface area (Å²) in [5.41, 5.74) is -0.174. The first-order valence-electron chi connectivity index (χ1n) is 6.23. The van der Waals surface area contributed by atoms with E-state index in [1.165, 1.54) is 0 Å². The second-order valence-electron chi connectivity index (χ2n) is 4.93. The fourth-order valence-corrected chi connectivity index (χ4v) is 2.42. The lowest BCUT2D eigenvalue weighted by molar-refractivity contribution is -0.138. The molecule has 0 aliphatic carbocycles. The molecule has 0 aromatic carbocycles. The highest BCUT2D eigenvalue weighted by Gasteiger charge is 2.33. The van der Waals surface area contributed by atoms with Gasteiger partial charge in [-0.25, -0.2) is 0 Å². The minimum Gasteiger partial charge on any atom is -0.481 e. The molecule has 1 aliphatic rings. The molecule has 0 saturated carbocycles. The van der Waals surface area contributed by atoms with E-state index < -0.39 is 5.97 Å². The van der Waals surface area contributed by atoms with Crippen LogP contribution in [0.5, 0.6) is 0 Å². The second-order valence-corrected chi connectivity index (χ2v) is 4.93. The Morgan fingerprint density at radius 3 is 2.81 bits per heavy atom. The molecule has 16 heavy (non-hydrogen) atoms. The van der Waals surface area contributed by atoms with Crippen LogP contribution in [-0.4, -0.2) is 48.2 Å². The number of hydrogen-bond acceptors (Lipinski definition) is 3. The van der Waals surface area contributed by atoms with Gasteiger partial charge in [0.15, 0.2) is 0 Å². The lowest BCUT2D eigenvalue weighted by atomic mass is 9.87. The Bertz CT molecular complexity index is 229. The van der Waals surface area contributed by atoms with E-state index in [-0.39, 0.29) is 12.0 Å². The van der Waals surface area contributed by atoms with E-state index in [4.69, 9.17) is 5.11 Å². The van der Waals surface area contributed by atoms with Gasteiger partial charge in [0.25, 0.3) is 0 Å². The highest BCUT2D eigenvalue weighted by Crippen LogP contribution is 2.25. The van der Waals surface area contributed by atoms with Crippen molar-refractivity contribution in [1.82, 2.24) is 10.2 Å². The van der Waals surface area contributed by atoms with Gasteiger partial charge in [-0.2, -0.15) is 0 Å². The van der Waals surface area contributed by atoms with E-state index in [0.29, 0.717) is 0 Å². The molecule has 1 atom stereocenters. The highest BCUT2D eigenvalue weighted by atomic mass is 16.4. The summed E-state index contributed by atoms with van der Waals surface area (Å²) in [6.45, 7) is 5.10. The highest BCUT2D eigenvalue weighted by molar-refractivity contribution is 5.68. The molecule has 0 bridgehead atoms. The van der Waals surface area contributed by atoms with Gasteiger partial charge in [-0.1, -0.05) is 6.92 Å². The van der Waals surface area contributed by atoms with Gasteiger partial charge >= 0.3 is 5.97 Å². The van der Waals surface area contributed by atoms with Crippen molar-refractivity contribution in [3.8, 4) is 0 Å². The van der Waals surface area contributed by atoms with Crippen LogP contribution in [0.3, 0.4) is 0 Å². The molecule has 0 spiro atoms. The third-order valence-electron chi connectivity index (χ3n) is 3.41. The number of nitrogens with zero attached hydrogens (tertiary/aromatic N) is 1. The van der Waals surface area contributed by atoms with E-state index in [0.717, 1.165) is 45.3 Å². The Labute approximate surface area is 98.0 Å². The maximum atomic E-state index is 11.0. The smallest absolute Gasteiger partial charge is 0.305 e. The molecule has 2 N–H and O–H groups in total. The summed E-state index contributed by atoms with van der Waals surface area (Å²) in [5, 5.41) is 12.5. The first-order chi connectivity index (χ1) is 7.58. The maximum Gasteiger partial charge on any atom is 0.305 e. The SMILES string of the molecule is CCCNC1(CC(=O)O)CCCN(C)CC1. The van der Waals surface area contributed by atoms with Crippen molar-refractivity contribution in [2.75, 3.05) is 26.7 Å². The van der Waals surface area contributed by atoms with Crippen molar-refractivity contribution in [3.05, 3.63) is 0 Å². The molecule has 1 saturated heterocycles. The first kappa shape index (κ1) is 13.5. The number of carboxylic acids is 1. The van der Waals surface area contributed by atoms with Gasteiger partial charge in [0.2, 0.25) is 0 Å². The van der Waals surface area contributed by atoms with Crippen LogP contribution in [-0.2, 0) is 4.79 Å². The number of carbonyl (C=O) groups is 1. The quantitative estimate of drug-likeness (QED) is 0.745. The summed E-state index contributed by atoms with van der Waals surface area (Å²) >= 11 is 0. The number of nitrogens with one attached hydrogen (secondary N) is 1. The molecular weight excluding hydrogens is 204 g/mol. The van der Waals surface area contributed by atoms with E-state index >= 15 is 0 Å². The van der Waals surface area contributed by atoms with Crippen LogP contribution in [0.15, 0.2) is 0 Å². The van der Waals surface area contributed by atoms with Crippen molar-refractivity contribution >= 4 is 5.97 Å². The number of likely N-dealkylation sites (tertiary alicyclic amines) is 1. The Morgan fingerprint density at radius 1 is 1.44 bits per heavy atom. The van der Waals surface area contributed by atoms with Gasteiger partial charge in [-0.05, 0) is 52.4 Å². The zero-order valence-corrected chi connectivity index (χ0v) is 10.5. The summed E-state index contributed by atoms with van der Waals surface area (Å²) in [6.07, 6.45) is 4.30. The standard InChI is InChI=1S/C12H24N2O2/c1-3-7-13-12(10-11(15)16)5-4-8-14(2)9-6-12/h13H,3-10H2,1-2H3,(H,15,16). The lowest BCUT2D eigenvalue weighted by Gasteiger charge is -2.32. The fraction of sp³-hybridized carbons (Fsp3) is 0.917. The summed E-state index contributed by atoms with van der Waals surface area (Å²) in [7, 11) is 2.11. The normalized spacial score (nSPS) is 27.6. The number of rotatable bonds is 5. The average molecular weight is 228 g/mol. The Morgan fingerprint density at radius 2 is 2.19 bits per heavy atom. The maximum absolute atomic E-state index is 11.0. The van der Waals surface area contributed by atoms with Gasteiger partial charge < -0.3 is 15.3 Å². The zero-order valence-electron chi connectivity index (χ0n) is 10.5. The lowest BCUT2D eigenvalue weighted by Crippen LogP contribution is -2.47. The molecular formula is C12H24N2O2. The van der Waals surface area contributed by atoms with Crippen molar-refractivity contribution in [2.45, 2.75) is 44.6 Å². The summed E-state index contributed by atoms with van der Waals surface area (Å²) in [6, 6.07) is 0. The predicted molar refractivity (Wildman–Crippen MR) is 64.6 cm³/mol. The molecule has 1 rings (SSSR count). The molecule has 1 heterocycles. The minimum absolute atomic E-state index is 0.174. The number of carboxylic acid groups (broad SMARTS) is 1. The van der Waals surface area contributed by atoms with Crippen LogP contribution in [0.1, 0.15) is 39.0 Å². The summed E-state index contributed by atoms with van der Waals surface area (Å²) < 4.78 is 0. The monoisotopic (exact) mass is 228 g/mol. The Hall–Kier alpha value is -0.610.